The minimum atomic E-state index is 0. The highest BCUT2D eigenvalue weighted by atomic mass is 35.5. The molecule has 3 nitrogen and oxygen atoms in total. The molecule has 22 heavy (non-hydrogen) atoms. The third-order valence-electron chi connectivity index (χ3n) is 4.52. The van der Waals surface area contributed by atoms with Crippen molar-refractivity contribution in [2.75, 3.05) is 31.2 Å². The minimum Gasteiger partial charge on any atom is -0.378 e. The Morgan fingerprint density at radius 2 is 1.86 bits per heavy atom. The van der Waals surface area contributed by atoms with E-state index in [2.05, 4.69) is 17.0 Å². The van der Waals surface area contributed by atoms with Crippen LogP contribution in [-0.4, -0.2) is 31.3 Å². The Kier molecular flexibility index (Phi) is 4.76. The van der Waals surface area contributed by atoms with Crippen LogP contribution in [0.2, 0.25) is 5.02 Å². The molecule has 0 atom stereocenters. The number of ether oxygens (including phenoxy) is 1. The Morgan fingerprint density at radius 1 is 1.09 bits per heavy atom. The Bertz CT molecular complexity index is 684. The fraction of sp³-hybridized carbons (Fsp3) is 0.471. The van der Waals surface area contributed by atoms with E-state index in [1.807, 2.05) is 6.07 Å². The van der Waals surface area contributed by atoms with Gasteiger partial charge < -0.3 is 9.64 Å². The van der Waals surface area contributed by atoms with Crippen molar-refractivity contribution in [1.29, 1.82) is 0 Å². The fourth-order valence-corrected chi connectivity index (χ4v) is 3.69. The van der Waals surface area contributed by atoms with Crippen LogP contribution >= 0.6 is 24.0 Å². The molecule has 1 aliphatic heterocycles. The standard InChI is InChI=1S/C17H19ClN2O.ClH/c18-12-5-6-16-14(11-12)17(20-7-9-21-10-8-20)13-3-1-2-4-15(13)19-16;/h5-6,11H,1-4,7-10H2;1H. The lowest BCUT2D eigenvalue weighted by Crippen LogP contribution is -2.37. The van der Waals surface area contributed by atoms with Crippen LogP contribution in [0.5, 0.6) is 0 Å². The number of aryl methyl sites for hydroxylation is 1. The smallest absolute Gasteiger partial charge is 0.0727 e. The molecule has 1 fully saturated rings. The maximum atomic E-state index is 6.24. The summed E-state index contributed by atoms with van der Waals surface area (Å²) >= 11 is 6.24. The highest BCUT2D eigenvalue weighted by Gasteiger charge is 2.23. The van der Waals surface area contributed by atoms with Crippen molar-refractivity contribution < 1.29 is 4.74 Å². The first kappa shape index (κ1) is 15.9. The van der Waals surface area contributed by atoms with Gasteiger partial charge in [0, 0.05) is 29.2 Å². The molecule has 1 saturated heterocycles. The Hall–Kier alpha value is -1.03. The van der Waals surface area contributed by atoms with Crippen molar-refractivity contribution in [1.82, 2.24) is 4.98 Å². The molecule has 2 heterocycles. The predicted molar refractivity (Wildman–Crippen MR) is 93.7 cm³/mol. The van der Waals surface area contributed by atoms with Crippen molar-refractivity contribution in [3.05, 3.63) is 34.5 Å². The first-order chi connectivity index (χ1) is 10.3. The molecular formula is C17H20Cl2N2O. The molecule has 4 rings (SSSR count). The van der Waals surface area contributed by atoms with E-state index in [0.29, 0.717) is 0 Å². The summed E-state index contributed by atoms with van der Waals surface area (Å²) in [5.74, 6) is 0. The van der Waals surface area contributed by atoms with E-state index in [-0.39, 0.29) is 12.4 Å². The number of fused-ring (bicyclic) bond motifs is 2. The van der Waals surface area contributed by atoms with E-state index >= 15 is 0 Å². The second-order valence-electron chi connectivity index (χ2n) is 5.85. The van der Waals surface area contributed by atoms with E-state index in [1.54, 1.807) is 0 Å². The zero-order valence-electron chi connectivity index (χ0n) is 12.5. The number of aromatic nitrogens is 1. The van der Waals surface area contributed by atoms with E-state index < -0.39 is 0 Å². The number of halogens is 2. The molecule has 0 N–H and O–H groups in total. The molecule has 0 spiro atoms. The lowest BCUT2D eigenvalue weighted by Gasteiger charge is -2.33. The number of rotatable bonds is 1. The molecule has 118 valence electrons. The number of pyridine rings is 1. The van der Waals surface area contributed by atoms with E-state index in [1.165, 1.54) is 35.2 Å². The van der Waals surface area contributed by atoms with Crippen molar-refractivity contribution >= 4 is 40.6 Å². The average molecular weight is 339 g/mol. The van der Waals surface area contributed by atoms with Gasteiger partial charge >= 0.3 is 0 Å². The van der Waals surface area contributed by atoms with Crippen LogP contribution in [0.25, 0.3) is 10.9 Å². The van der Waals surface area contributed by atoms with Crippen LogP contribution in [0.15, 0.2) is 18.2 Å². The number of morpholine rings is 1. The molecule has 0 unspecified atom stereocenters. The van der Waals surface area contributed by atoms with E-state index in [0.717, 1.165) is 49.7 Å². The summed E-state index contributed by atoms with van der Waals surface area (Å²) in [6, 6.07) is 6.06. The maximum Gasteiger partial charge on any atom is 0.0727 e. The summed E-state index contributed by atoms with van der Waals surface area (Å²) < 4.78 is 5.52. The van der Waals surface area contributed by atoms with Gasteiger partial charge in [0.15, 0.2) is 0 Å². The third-order valence-corrected chi connectivity index (χ3v) is 4.76. The zero-order valence-corrected chi connectivity index (χ0v) is 14.1. The van der Waals surface area contributed by atoms with Gasteiger partial charge in [0.25, 0.3) is 0 Å². The van der Waals surface area contributed by atoms with Gasteiger partial charge in [-0.25, -0.2) is 0 Å². The summed E-state index contributed by atoms with van der Waals surface area (Å²) in [6.45, 7) is 3.52. The molecule has 2 aliphatic rings. The Balaban J connectivity index is 0.00000144. The molecular weight excluding hydrogens is 319 g/mol. The van der Waals surface area contributed by atoms with Gasteiger partial charge in [-0.2, -0.15) is 0 Å². The minimum absolute atomic E-state index is 0. The van der Waals surface area contributed by atoms with Gasteiger partial charge in [-0.05, 0) is 49.4 Å². The monoisotopic (exact) mass is 338 g/mol. The lowest BCUT2D eigenvalue weighted by molar-refractivity contribution is 0.122. The van der Waals surface area contributed by atoms with Gasteiger partial charge in [0.1, 0.15) is 0 Å². The molecule has 0 bridgehead atoms. The zero-order chi connectivity index (χ0) is 14.2. The normalized spacial score (nSPS) is 18.0. The van der Waals surface area contributed by atoms with Gasteiger partial charge in [-0.3, -0.25) is 4.98 Å². The van der Waals surface area contributed by atoms with Crippen LogP contribution in [0.1, 0.15) is 24.1 Å². The van der Waals surface area contributed by atoms with Crippen molar-refractivity contribution in [3.8, 4) is 0 Å². The molecule has 0 radical (unpaired) electrons. The fourth-order valence-electron chi connectivity index (χ4n) is 3.52. The summed E-state index contributed by atoms with van der Waals surface area (Å²) in [7, 11) is 0. The topological polar surface area (TPSA) is 25.4 Å². The highest BCUT2D eigenvalue weighted by Crippen LogP contribution is 2.37. The number of benzene rings is 1. The quantitative estimate of drug-likeness (QED) is 0.785. The largest absolute Gasteiger partial charge is 0.378 e. The van der Waals surface area contributed by atoms with E-state index in [4.69, 9.17) is 21.3 Å². The number of nitrogens with zero attached hydrogens (tertiary/aromatic N) is 2. The van der Waals surface area contributed by atoms with Crippen LogP contribution in [0.4, 0.5) is 5.69 Å². The van der Waals surface area contributed by atoms with Crippen molar-refractivity contribution in [3.63, 3.8) is 0 Å². The van der Waals surface area contributed by atoms with Crippen LogP contribution in [-0.2, 0) is 17.6 Å². The number of hydrogen-bond acceptors (Lipinski definition) is 3. The molecule has 1 aliphatic carbocycles. The predicted octanol–water partition coefficient (Wildman–Crippen LogP) is 4.03. The Morgan fingerprint density at radius 3 is 2.68 bits per heavy atom. The molecule has 0 saturated carbocycles. The summed E-state index contributed by atoms with van der Waals surface area (Å²) in [6.07, 6.45) is 4.75. The van der Waals surface area contributed by atoms with Gasteiger partial charge in [0.2, 0.25) is 0 Å². The molecule has 1 aromatic heterocycles. The molecule has 0 amide bonds. The van der Waals surface area contributed by atoms with Gasteiger partial charge in [-0.15, -0.1) is 12.4 Å². The van der Waals surface area contributed by atoms with E-state index in [9.17, 15) is 0 Å². The van der Waals surface area contributed by atoms with Gasteiger partial charge in [-0.1, -0.05) is 11.6 Å². The summed E-state index contributed by atoms with van der Waals surface area (Å²) in [5, 5.41) is 1.99. The Labute approximate surface area is 142 Å². The van der Waals surface area contributed by atoms with Crippen molar-refractivity contribution in [2.45, 2.75) is 25.7 Å². The van der Waals surface area contributed by atoms with Gasteiger partial charge in [0.05, 0.1) is 24.4 Å². The highest BCUT2D eigenvalue weighted by molar-refractivity contribution is 6.31. The lowest BCUT2D eigenvalue weighted by atomic mass is 9.92. The first-order valence-corrected chi connectivity index (χ1v) is 8.14. The summed E-state index contributed by atoms with van der Waals surface area (Å²) in [5.41, 5.74) is 5.16. The molecule has 2 aromatic rings. The maximum absolute atomic E-state index is 6.24. The second kappa shape index (κ2) is 6.61. The third kappa shape index (κ3) is 2.78. The van der Waals surface area contributed by atoms with Crippen LogP contribution < -0.4 is 4.90 Å². The number of hydrogen-bond donors (Lipinski definition) is 0. The summed E-state index contributed by atoms with van der Waals surface area (Å²) in [4.78, 5) is 7.36. The van der Waals surface area contributed by atoms with Crippen molar-refractivity contribution in [2.24, 2.45) is 0 Å². The van der Waals surface area contributed by atoms with Crippen LogP contribution in [0, 0.1) is 0 Å². The van der Waals surface area contributed by atoms with Crippen LogP contribution in [0.3, 0.4) is 0 Å². The first-order valence-electron chi connectivity index (χ1n) is 7.76. The second-order valence-corrected chi connectivity index (χ2v) is 6.29. The average Bonchev–Trinajstić information content (AvgIpc) is 2.53. The SMILES string of the molecule is Cl.Clc1ccc2nc3c(c(N4CCOCC4)c2c1)CCCC3. The number of anilines is 1. The molecule has 1 aromatic carbocycles. The molecule has 5 heteroatoms.